The SMILES string of the molecule is CC(N)Cc1ccc2c(c1)CN(C1CC1)C2. The fourth-order valence-electron chi connectivity index (χ4n) is 2.67. The van der Waals surface area contributed by atoms with E-state index in [1.807, 2.05) is 0 Å². The van der Waals surface area contributed by atoms with Crippen LogP contribution in [0.5, 0.6) is 0 Å². The predicted octanol–water partition coefficient (Wildman–Crippen LogP) is 2.05. The van der Waals surface area contributed by atoms with E-state index in [4.69, 9.17) is 5.73 Å². The fourth-order valence-corrected chi connectivity index (χ4v) is 2.67. The molecule has 1 aromatic rings. The van der Waals surface area contributed by atoms with Gasteiger partial charge in [-0.3, -0.25) is 4.90 Å². The lowest BCUT2D eigenvalue weighted by Crippen LogP contribution is -2.18. The molecule has 1 fully saturated rings. The maximum Gasteiger partial charge on any atom is 0.0243 e. The largest absolute Gasteiger partial charge is 0.328 e. The van der Waals surface area contributed by atoms with E-state index in [0.717, 1.165) is 19.0 Å². The molecule has 2 aliphatic rings. The molecular weight excluding hydrogens is 196 g/mol. The Hall–Kier alpha value is -0.860. The molecule has 2 nitrogen and oxygen atoms in total. The minimum atomic E-state index is 0.263. The smallest absolute Gasteiger partial charge is 0.0243 e. The van der Waals surface area contributed by atoms with E-state index in [1.54, 1.807) is 0 Å². The van der Waals surface area contributed by atoms with Gasteiger partial charge in [-0.2, -0.15) is 0 Å². The van der Waals surface area contributed by atoms with Crippen LogP contribution in [-0.2, 0) is 19.5 Å². The Bertz CT molecular complexity index is 394. The molecule has 16 heavy (non-hydrogen) atoms. The van der Waals surface area contributed by atoms with E-state index >= 15 is 0 Å². The van der Waals surface area contributed by atoms with Crippen LogP contribution < -0.4 is 5.73 Å². The Morgan fingerprint density at radius 2 is 2.06 bits per heavy atom. The highest BCUT2D eigenvalue weighted by Gasteiger charge is 2.32. The number of nitrogens with zero attached hydrogens (tertiary/aromatic N) is 1. The molecule has 0 amide bonds. The van der Waals surface area contributed by atoms with Gasteiger partial charge in [0.2, 0.25) is 0 Å². The van der Waals surface area contributed by atoms with Crippen LogP contribution in [0.2, 0.25) is 0 Å². The third-order valence-corrected chi connectivity index (χ3v) is 3.64. The van der Waals surface area contributed by atoms with Gasteiger partial charge in [0.05, 0.1) is 0 Å². The Morgan fingerprint density at radius 3 is 2.75 bits per heavy atom. The van der Waals surface area contributed by atoms with Gasteiger partial charge in [0.15, 0.2) is 0 Å². The van der Waals surface area contributed by atoms with Crippen molar-refractivity contribution in [3.8, 4) is 0 Å². The van der Waals surface area contributed by atoms with Crippen molar-refractivity contribution in [3.63, 3.8) is 0 Å². The van der Waals surface area contributed by atoms with Crippen LogP contribution in [-0.4, -0.2) is 17.0 Å². The molecule has 86 valence electrons. The lowest BCUT2D eigenvalue weighted by Gasteiger charge is -2.12. The highest BCUT2D eigenvalue weighted by Crippen LogP contribution is 2.34. The lowest BCUT2D eigenvalue weighted by atomic mass is 10.0. The third kappa shape index (κ3) is 2.00. The molecule has 1 aromatic carbocycles. The molecule has 1 atom stereocenters. The van der Waals surface area contributed by atoms with Gasteiger partial charge in [0.25, 0.3) is 0 Å². The first-order valence-electron chi connectivity index (χ1n) is 6.32. The number of rotatable bonds is 3. The normalized spacial score (nSPS) is 22.1. The first kappa shape index (κ1) is 10.3. The molecule has 0 spiro atoms. The molecule has 1 heterocycles. The van der Waals surface area contributed by atoms with Gasteiger partial charge in [-0.1, -0.05) is 18.2 Å². The van der Waals surface area contributed by atoms with Gasteiger partial charge >= 0.3 is 0 Å². The van der Waals surface area contributed by atoms with E-state index in [0.29, 0.717) is 0 Å². The van der Waals surface area contributed by atoms with Crippen LogP contribution in [0.25, 0.3) is 0 Å². The van der Waals surface area contributed by atoms with Crippen LogP contribution in [0.3, 0.4) is 0 Å². The van der Waals surface area contributed by atoms with Gasteiger partial charge in [0.1, 0.15) is 0 Å². The molecular formula is C14H20N2. The van der Waals surface area contributed by atoms with Crippen LogP contribution >= 0.6 is 0 Å². The maximum atomic E-state index is 5.84. The fraction of sp³-hybridized carbons (Fsp3) is 0.571. The lowest BCUT2D eigenvalue weighted by molar-refractivity contribution is 0.273. The van der Waals surface area contributed by atoms with Gasteiger partial charge in [-0.25, -0.2) is 0 Å². The third-order valence-electron chi connectivity index (χ3n) is 3.64. The molecule has 0 aromatic heterocycles. The molecule has 1 aliphatic heterocycles. The van der Waals surface area contributed by atoms with Crippen LogP contribution in [0, 0.1) is 0 Å². The standard InChI is InChI=1S/C14H20N2/c1-10(15)6-11-2-3-12-8-16(14-4-5-14)9-13(12)7-11/h2-3,7,10,14H,4-6,8-9,15H2,1H3. The summed E-state index contributed by atoms with van der Waals surface area (Å²) < 4.78 is 0. The maximum absolute atomic E-state index is 5.84. The van der Waals surface area contributed by atoms with Crippen molar-refractivity contribution in [2.24, 2.45) is 5.73 Å². The van der Waals surface area contributed by atoms with Crippen molar-refractivity contribution in [2.75, 3.05) is 0 Å². The van der Waals surface area contributed by atoms with E-state index in [1.165, 1.54) is 36.1 Å². The van der Waals surface area contributed by atoms with Crippen LogP contribution in [0.15, 0.2) is 18.2 Å². The summed E-state index contributed by atoms with van der Waals surface area (Å²) in [4.78, 5) is 2.61. The molecule has 0 radical (unpaired) electrons. The van der Waals surface area contributed by atoms with Crippen molar-refractivity contribution >= 4 is 0 Å². The van der Waals surface area contributed by atoms with E-state index in [9.17, 15) is 0 Å². The second kappa shape index (κ2) is 3.86. The zero-order chi connectivity index (χ0) is 11.1. The van der Waals surface area contributed by atoms with Crippen molar-refractivity contribution in [2.45, 2.75) is 51.4 Å². The van der Waals surface area contributed by atoms with Crippen molar-refractivity contribution in [1.29, 1.82) is 0 Å². The average molecular weight is 216 g/mol. The van der Waals surface area contributed by atoms with Gasteiger partial charge < -0.3 is 5.73 Å². The molecule has 1 aliphatic carbocycles. The number of hydrogen-bond acceptors (Lipinski definition) is 2. The summed E-state index contributed by atoms with van der Waals surface area (Å²) >= 11 is 0. The van der Waals surface area contributed by atoms with Gasteiger partial charge in [0, 0.05) is 25.2 Å². The average Bonchev–Trinajstić information content (AvgIpc) is 2.98. The zero-order valence-corrected chi connectivity index (χ0v) is 9.95. The second-order valence-electron chi connectivity index (χ2n) is 5.42. The summed E-state index contributed by atoms with van der Waals surface area (Å²) in [6, 6.07) is 8.05. The zero-order valence-electron chi connectivity index (χ0n) is 9.95. The predicted molar refractivity (Wildman–Crippen MR) is 66.1 cm³/mol. The molecule has 1 saturated carbocycles. The summed E-state index contributed by atoms with van der Waals surface area (Å²) in [5.74, 6) is 0. The Labute approximate surface area is 97.4 Å². The molecule has 2 N–H and O–H groups in total. The number of benzene rings is 1. The van der Waals surface area contributed by atoms with E-state index in [-0.39, 0.29) is 6.04 Å². The highest BCUT2D eigenvalue weighted by atomic mass is 15.2. The molecule has 2 heteroatoms. The molecule has 1 unspecified atom stereocenters. The summed E-state index contributed by atoms with van der Waals surface area (Å²) in [6.07, 6.45) is 3.80. The number of fused-ring (bicyclic) bond motifs is 1. The molecule has 0 bridgehead atoms. The first-order chi connectivity index (χ1) is 7.72. The van der Waals surface area contributed by atoms with Crippen molar-refractivity contribution < 1.29 is 0 Å². The van der Waals surface area contributed by atoms with Crippen LogP contribution in [0.1, 0.15) is 36.5 Å². The summed E-state index contributed by atoms with van der Waals surface area (Å²) in [5, 5.41) is 0. The van der Waals surface area contributed by atoms with Gasteiger partial charge in [-0.05, 0) is 42.9 Å². The summed E-state index contributed by atoms with van der Waals surface area (Å²) in [7, 11) is 0. The second-order valence-corrected chi connectivity index (χ2v) is 5.42. The molecule has 0 saturated heterocycles. The van der Waals surface area contributed by atoms with Gasteiger partial charge in [-0.15, -0.1) is 0 Å². The first-order valence-corrected chi connectivity index (χ1v) is 6.32. The van der Waals surface area contributed by atoms with Crippen molar-refractivity contribution in [3.05, 3.63) is 34.9 Å². The summed E-state index contributed by atoms with van der Waals surface area (Å²) in [6.45, 7) is 4.40. The Balaban J connectivity index is 1.77. The van der Waals surface area contributed by atoms with Crippen LogP contribution in [0.4, 0.5) is 0 Å². The summed E-state index contributed by atoms with van der Waals surface area (Å²) in [5.41, 5.74) is 10.3. The highest BCUT2D eigenvalue weighted by molar-refractivity contribution is 5.35. The van der Waals surface area contributed by atoms with E-state index < -0.39 is 0 Å². The topological polar surface area (TPSA) is 29.3 Å². The number of nitrogens with two attached hydrogens (primary N) is 1. The number of hydrogen-bond donors (Lipinski definition) is 1. The quantitative estimate of drug-likeness (QED) is 0.838. The minimum absolute atomic E-state index is 0.263. The Kier molecular flexibility index (Phi) is 2.49. The van der Waals surface area contributed by atoms with Crippen molar-refractivity contribution in [1.82, 2.24) is 4.90 Å². The molecule has 3 rings (SSSR count). The minimum Gasteiger partial charge on any atom is -0.328 e. The van der Waals surface area contributed by atoms with E-state index in [2.05, 4.69) is 30.0 Å². The monoisotopic (exact) mass is 216 g/mol. The Morgan fingerprint density at radius 1 is 1.31 bits per heavy atom.